The molecule has 148 valence electrons. The Morgan fingerprint density at radius 1 is 1.07 bits per heavy atom. The summed E-state index contributed by atoms with van der Waals surface area (Å²) >= 11 is 1.75. The summed E-state index contributed by atoms with van der Waals surface area (Å²) in [6.45, 7) is 4.06. The van der Waals surface area contributed by atoms with Crippen LogP contribution in [0.3, 0.4) is 0 Å². The van der Waals surface area contributed by atoms with Crippen molar-refractivity contribution >= 4 is 22.8 Å². The SMILES string of the molecule is Cc1ccc([C@@H]([NH2+]CC(=O)N2CC=C(c3ccccc3)CC2)c2cccs2)cc1. The van der Waals surface area contributed by atoms with Crippen molar-refractivity contribution in [1.29, 1.82) is 0 Å². The van der Waals surface area contributed by atoms with Gasteiger partial charge in [0.15, 0.2) is 6.54 Å². The smallest absolute Gasteiger partial charge is 0.278 e. The van der Waals surface area contributed by atoms with E-state index >= 15 is 0 Å². The number of rotatable bonds is 6. The van der Waals surface area contributed by atoms with Crippen LogP contribution in [-0.2, 0) is 4.79 Å². The number of hydrogen-bond acceptors (Lipinski definition) is 2. The molecule has 1 amide bonds. The molecule has 0 saturated heterocycles. The standard InChI is InChI=1S/C25H26N2OS/c1-19-9-11-22(12-10-19)25(23-8-5-17-29-23)26-18-24(28)27-15-13-21(14-16-27)20-6-3-2-4-7-20/h2-13,17,25-26H,14-16,18H2,1H3/p+1/t25-/m1/s1. The fourth-order valence-corrected chi connectivity index (χ4v) is 4.67. The molecule has 0 fully saturated rings. The molecule has 0 spiro atoms. The first-order valence-corrected chi connectivity index (χ1v) is 11.0. The van der Waals surface area contributed by atoms with E-state index in [0.717, 1.165) is 13.0 Å². The van der Waals surface area contributed by atoms with Gasteiger partial charge in [-0.3, -0.25) is 4.79 Å². The maximum absolute atomic E-state index is 12.9. The van der Waals surface area contributed by atoms with Crippen molar-refractivity contribution in [3.05, 3.63) is 99.8 Å². The Morgan fingerprint density at radius 3 is 2.52 bits per heavy atom. The Morgan fingerprint density at radius 2 is 1.86 bits per heavy atom. The lowest BCUT2D eigenvalue weighted by Gasteiger charge is -2.26. The summed E-state index contributed by atoms with van der Waals surface area (Å²) in [7, 11) is 0. The lowest BCUT2D eigenvalue weighted by molar-refractivity contribution is -0.676. The topological polar surface area (TPSA) is 36.9 Å². The van der Waals surface area contributed by atoms with Crippen LogP contribution in [0, 0.1) is 6.92 Å². The van der Waals surface area contributed by atoms with Crippen LogP contribution in [0.2, 0.25) is 0 Å². The molecule has 1 atom stereocenters. The normalized spacial score (nSPS) is 15.1. The van der Waals surface area contributed by atoms with Gasteiger partial charge >= 0.3 is 0 Å². The minimum atomic E-state index is 0.166. The Balaban J connectivity index is 1.40. The molecule has 4 heteroatoms. The average Bonchev–Trinajstić information content (AvgIpc) is 3.30. The Bertz CT molecular complexity index is 962. The molecule has 3 aromatic rings. The number of hydrogen-bond donors (Lipinski definition) is 1. The van der Waals surface area contributed by atoms with Gasteiger partial charge in [-0.15, -0.1) is 11.3 Å². The summed E-state index contributed by atoms with van der Waals surface area (Å²) in [4.78, 5) is 16.1. The van der Waals surface area contributed by atoms with Crippen molar-refractivity contribution < 1.29 is 10.1 Å². The first-order chi connectivity index (χ1) is 14.2. The van der Waals surface area contributed by atoms with Crippen molar-refractivity contribution in [3.63, 3.8) is 0 Å². The number of aryl methyl sites for hydroxylation is 1. The van der Waals surface area contributed by atoms with E-state index in [1.807, 2.05) is 11.0 Å². The predicted molar refractivity (Wildman–Crippen MR) is 120 cm³/mol. The summed E-state index contributed by atoms with van der Waals surface area (Å²) < 4.78 is 0. The highest BCUT2D eigenvalue weighted by Crippen LogP contribution is 2.24. The monoisotopic (exact) mass is 403 g/mol. The molecule has 2 N–H and O–H groups in total. The number of benzene rings is 2. The maximum atomic E-state index is 12.9. The summed E-state index contributed by atoms with van der Waals surface area (Å²) in [6, 6.07) is 23.5. The number of thiophene rings is 1. The van der Waals surface area contributed by atoms with E-state index in [9.17, 15) is 4.79 Å². The molecule has 0 bridgehead atoms. The molecule has 3 nitrogen and oxygen atoms in total. The highest BCUT2D eigenvalue weighted by molar-refractivity contribution is 7.10. The highest BCUT2D eigenvalue weighted by atomic mass is 32.1. The van der Waals surface area contributed by atoms with Crippen LogP contribution < -0.4 is 5.32 Å². The van der Waals surface area contributed by atoms with E-state index in [-0.39, 0.29) is 11.9 Å². The number of amides is 1. The third kappa shape index (κ3) is 4.84. The van der Waals surface area contributed by atoms with Crippen LogP contribution in [0.5, 0.6) is 0 Å². The number of nitrogens with zero attached hydrogens (tertiary/aromatic N) is 1. The zero-order valence-corrected chi connectivity index (χ0v) is 17.6. The third-order valence-electron chi connectivity index (χ3n) is 5.52. The van der Waals surface area contributed by atoms with Crippen molar-refractivity contribution in [3.8, 4) is 0 Å². The molecule has 1 aromatic heterocycles. The van der Waals surface area contributed by atoms with Gasteiger partial charge in [0.2, 0.25) is 0 Å². The van der Waals surface area contributed by atoms with Gasteiger partial charge < -0.3 is 10.2 Å². The predicted octanol–water partition coefficient (Wildman–Crippen LogP) is 4.03. The van der Waals surface area contributed by atoms with Crippen molar-refractivity contribution in [2.45, 2.75) is 19.4 Å². The van der Waals surface area contributed by atoms with Gasteiger partial charge in [-0.25, -0.2) is 0 Å². The minimum Gasteiger partial charge on any atom is -0.334 e. The van der Waals surface area contributed by atoms with Crippen LogP contribution in [0.1, 0.15) is 34.0 Å². The van der Waals surface area contributed by atoms with Gasteiger partial charge in [-0.05, 0) is 35.9 Å². The van der Waals surface area contributed by atoms with Crippen molar-refractivity contribution in [2.24, 2.45) is 0 Å². The molecular weight excluding hydrogens is 376 g/mol. The van der Waals surface area contributed by atoms with Gasteiger partial charge in [-0.1, -0.05) is 72.3 Å². The van der Waals surface area contributed by atoms with Gasteiger partial charge in [0.05, 0.1) is 4.88 Å². The minimum absolute atomic E-state index is 0.166. The molecule has 0 radical (unpaired) electrons. The van der Waals surface area contributed by atoms with E-state index in [2.05, 4.69) is 84.4 Å². The third-order valence-corrected chi connectivity index (χ3v) is 6.48. The van der Waals surface area contributed by atoms with Gasteiger partial charge in [0.1, 0.15) is 6.04 Å². The second-order valence-corrected chi connectivity index (χ2v) is 8.51. The lowest BCUT2D eigenvalue weighted by Crippen LogP contribution is -2.87. The molecule has 1 aliphatic rings. The number of quaternary nitrogens is 1. The zero-order valence-electron chi connectivity index (χ0n) is 16.8. The molecule has 2 heterocycles. The second kappa shape index (κ2) is 9.21. The fraction of sp³-hybridized carbons (Fsp3) is 0.240. The molecule has 0 saturated carbocycles. The summed E-state index contributed by atoms with van der Waals surface area (Å²) in [5.74, 6) is 0.210. The van der Waals surface area contributed by atoms with E-state index in [1.165, 1.54) is 27.1 Å². The summed E-state index contributed by atoms with van der Waals surface area (Å²) in [5.41, 5.74) is 5.11. The average molecular weight is 404 g/mol. The van der Waals surface area contributed by atoms with E-state index in [0.29, 0.717) is 13.1 Å². The van der Waals surface area contributed by atoms with Crippen LogP contribution in [0.4, 0.5) is 0 Å². The van der Waals surface area contributed by atoms with E-state index in [1.54, 1.807) is 11.3 Å². The van der Waals surface area contributed by atoms with Gasteiger partial charge in [0.25, 0.3) is 5.91 Å². The van der Waals surface area contributed by atoms with Crippen LogP contribution >= 0.6 is 11.3 Å². The van der Waals surface area contributed by atoms with Crippen LogP contribution in [0.15, 0.2) is 78.2 Å². The maximum Gasteiger partial charge on any atom is 0.278 e. The van der Waals surface area contributed by atoms with Crippen LogP contribution in [0.25, 0.3) is 5.57 Å². The largest absolute Gasteiger partial charge is 0.334 e. The molecule has 0 aliphatic carbocycles. The molecule has 1 aliphatic heterocycles. The number of nitrogens with two attached hydrogens (primary N) is 1. The molecule has 2 aromatic carbocycles. The van der Waals surface area contributed by atoms with Gasteiger partial charge in [0, 0.05) is 18.7 Å². The second-order valence-electron chi connectivity index (χ2n) is 7.53. The number of carbonyl (C=O) groups is 1. The molecular formula is C25H27N2OS+. The highest BCUT2D eigenvalue weighted by Gasteiger charge is 2.23. The molecule has 4 rings (SSSR count). The quantitative estimate of drug-likeness (QED) is 0.663. The summed E-state index contributed by atoms with van der Waals surface area (Å²) in [5, 5.41) is 4.28. The molecule has 0 unspecified atom stereocenters. The first kappa shape index (κ1) is 19.6. The summed E-state index contributed by atoms with van der Waals surface area (Å²) in [6.07, 6.45) is 3.12. The number of carbonyl (C=O) groups excluding carboxylic acids is 1. The van der Waals surface area contributed by atoms with Crippen molar-refractivity contribution in [1.82, 2.24) is 4.90 Å². The van der Waals surface area contributed by atoms with Crippen molar-refractivity contribution in [2.75, 3.05) is 19.6 Å². The van der Waals surface area contributed by atoms with Gasteiger partial charge in [-0.2, -0.15) is 0 Å². The fourth-order valence-electron chi connectivity index (χ4n) is 3.82. The first-order valence-electron chi connectivity index (χ1n) is 10.2. The van der Waals surface area contributed by atoms with Crippen LogP contribution in [-0.4, -0.2) is 30.4 Å². The van der Waals surface area contributed by atoms with E-state index in [4.69, 9.17) is 0 Å². The Hall–Kier alpha value is -2.69. The lowest BCUT2D eigenvalue weighted by atomic mass is 9.99. The Kier molecular flexibility index (Phi) is 6.23. The van der Waals surface area contributed by atoms with E-state index < -0.39 is 0 Å². The molecule has 29 heavy (non-hydrogen) atoms. The zero-order chi connectivity index (χ0) is 20.1. The Labute approximate surface area is 176 Å².